The highest BCUT2D eigenvalue weighted by Crippen LogP contribution is 2.31. The van der Waals surface area contributed by atoms with E-state index in [9.17, 15) is 4.79 Å². The van der Waals surface area contributed by atoms with Crippen LogP contribution in [0.15, 0.2) is 64.8 Å². The van der Waals surface area contributed by atoms with Crippen molar-refractivity contribution in [1.29, 1.82) is 0 Å². The van der Waals surface area contributed by atoms with E-state index in [1.165, 1.54) is 21.3 Å². The minimum absolute atomic E-state index is 0.0364. The molecule has 29 heavy (non-hydrogen) atoms. The Labute approximate surface area is 174 Å². The number of fused-ring (bicyclic) bond motifs is 2. The number of aromatic amines is 1. The molecular formula is C24H25N3OS. The van der Waals surface area contributed by atoms with Gasteiger partial charge in [0.15, 0.2) is 0 Å². The van der Waals surface area contributed by atoms with Crippen LogP contribution in [-0.4, -0.2) is 42.6 Å². The molecule has 1 saturated heterocycles. The van der Waals surface area contributed by atoms with Crippen LogP contribution in [0.5, 0.6) is 0 Å². The SMILES string of the molecule is O=c1ccc2ccc(CCCN3CCN(c4cccc5sccc45)CC3)cc2[nH]1. The maximum absolute atomic E-state index is 11.5. The van der Waals surface area contributed by atoms with Gasteiger partial charge < -0.3 is 9.88 Å². The van der Waals surface area contributed by atoms with Gasteiger partial charge in [0.25, 0.3) is 0 Å². The molecule has 0 spiro atoms. The Bertz CT molecular complexity index is 1190. The average molecular weight is 404 g/mol. The minimum Gasteiger partial charge on any atom is -0.368 e. The molecule has 4 aromatic rings. The fourth-order valence-corrected chi connectivity index (χ4v) is 5.13. The Hall–Kier alpha value is -2.63. The van der Waals surface area contributed by atoms with Crippen LogP contribution in [0.3, 0.4) is 0 Å². The Kier molecular flexibility index (Phi) is 5.08. The van der Waals surface area contributed by atoms with Crippen molar-refractivity contribution in [3.05, 3.63) is 75.9 Å². The van der Waals surface area contributed by atoms with Crippen LogP contribution in [0.4, 0.5) is 5.69 Å². The van der Waals surface area contributed by atoms with Crippen LogP contribution in [0.25, 0.3) is 21.0 Å². The summed E-state index contributed by atoms with van der Waals surface area (Å²) in [6.07, 6.45) is 2.18. The summed E-state index contributed by atoms with van der Waals surface area (Å²) < 4.78 is 1.38. The maximum atomic E-state index is 11.5. The number of thiophene rings is 1. The Balaban J connectivity index is 1.15. The molecule has 0 unspecified atom stereocenters. The number of hydrogen-bond acceptors (Lipinski definition) is 4. The van der Waals surface area contributed by atoms with E-state index in [1.54, 1.807) is 6.07 Å². The van der Waals surface area contributed by atoms with Gasteiger partial charge in [0, 0.05) is 53.5 Å². The Morgan fingerprint density at radius 1 is 0.966 bits per heavy atom. The van der Waals surface area contributed by atoms with E-state index in [2.05, 4.69) is 62.6 Å². The van der Waals surface area contributed by atoms with Crippen molar-refractivity contribution < 1.29 is 0 Å². The zero-order valence-electron chi connectivity index (χ0n) is 16.4. The van der Waals surface area contributed by atoms with Crippen LogP contribution < -0.4 is 10.5 Å². The lowest BCUT2D eigenvalue weighted by Gasteiger charge is -2.36. The monoisotopic (exact) mass is 403 g/mol. The van der Waals surface area contributed by atoms with E-state index >= 15 is 0 Å². The molecule has 2 aromatic carbocycles. The molecule has 1 aliphatic rings. The molecular weight excluding hydrogens is 378 g/mol. The van der Waals surface area contributed by atoms with Crippen molar-refractivity contribution in [2.24, 2.45) is 0 Å². The number of aromatic nitrogens is 1. The third-order valence-electron chi connectivity index (χ3n) is 5.92. The topological polar surface area (TPSA) is 39.3 Å². The molecule has 0 atom stereocenters. The van der Waals surface area contributed by atoms with E-state index in [0.717, 1.165) is 56.5 Å². The molecule has 1 N–H and O–H groups in total. The van der Waals surface area contributed by atoms with Crippen LogP contribution in [0.1, 0.15) is 12.0 Å². The summed E-state index contributed by atoms with van der Waals surface area (Å²) in [6, 6.07) is 18.8. The Morgan fingerprint density at radius 3 is 2.72 bits per heavy atom. The number of benzene rings is 2. The number of nitrogens with one attached hydrogen (secondary N) is 1. The first-order valence-electron chi connectivity index (χ1n) is 10.3. The number of aryl methyl sites for hydroxylation is 1. The summed E-state index contributed by atoms with van der Waals surface area (Å²) in [7, 11) is 0. The second-order valence-corrected chi connectivity index (χ2v) is 8.73. The number of H-pyrrole nitrogens is 1. The van der Waals surface area contributed by atoms with Gasteiger partial charge in [-0.3, -0.25) is 9.69 Å². The van der Waals surface area contributed by atoms with Gasteiger partial charge in [0.05, 0.1) is 0 Å². The summed E-state index contributed by atoms with van der Waals surface area (Å²) in [5, 5.41) is 4.66. The predicted molar refractivity (Wildman–Crippen MR) is 123 cm³/mol. The molecule has 4 nitrogen and oxygen atoms in total. The second kappa shape index (κ2) is 8.01. The molecule has 1 fully saturated rings. The van der Waals surface area contributed by atoms with Crippen molar-refractivity contribution in [1.82, 2.24) is 9.88 Å². The zero-order valence-corrected chi connectivity index (χ0v) is 17.3. The van der Waals surface area contributed by atoms with Gasteiger partial charge in [0.2, 0.25) is 5.56 Å². The third kappa shape index (κ3) is 3.93. The number of rotatable bonds is 5. The van der Waals surface area contributed by atoms with E-state index in [4.69, 9.17) is 0 Å². The average Bonchev–Trinajstić information content (AvgIpc) is 3.23. The van der Waals surface area contributed by atoms with Gasteiger partial charge >= 0.3 is 0 Å². The smallest absolute Gasteiger partial charge is 0.248 e. The second-order valence-electron chi connectivity index (χ2n) is 7.79. The lowest BCUT2D eigenvalue weighted by Crippen LogP contribution is -2.46. The van der Waals surface area contributed by atoms with E-state index in [1.807, 2.05) is 17.4 Å². The number of piperazine rings is 1. The third-order valence-corrected chi connectivity index (χ3v) is 6.80. The summed E-state index contributed by atoms with van der Waals surface area (Å²) in [4.78, 5) is 19.6. The molecule has 0 bridgehead atoms. The van der Waals surface area contributed by atoms with Gasteiger partial charge in [-0.1, -0.05) is 18.2 Å². The molecule has 2 aromatic heterocycles. The number of nitrogens with zero attached hydrogens (tertiary/aromatic N) is 2. The van der Waals surface area contributed by atoms with Crippen molar-refractivity contribution in [3.63, 3.8) is 0 Å². The Morgan fingerprint density at radius 2 is 1.83 bits per heavy atom. The fourth-order valence-electron chi connectivity index (χ4n) is 4.33. The van der Waals surface area contributed by atoms with Gasteiger partial charge in [-0.2, -0.15) is 0 Å². The summed E-state index contributed by atoms with van der Waals surface area (Å²) in [5.41, 5.74) is 3.58. The van der Waals surface area contributed by atoms with Crippen molar-refractivity contribution in [2.45, 2.75) is 12.8 Å². The quantitative estimate of drug-likeness (QED) is 0.533. The largest absolute Gasteiger partial charge is 0.368 e. The molecule has 0 aliphatic carbocycles. The van der Waals surface area contributed by atoms with Crippen molar-refractivity contribution in [2.75, 3.05) is 37.6 Å². The number of anilines is 1. The number of pyridine rings is 1. The molecule has 5 heteroatoms. The number of hydrogen-bond donors (Lipinski definition) is 1. The molecule has 5 rings (SSSR count). The molecule has 1 aliphatic heterocycles. The van der Waals surface area contributed by atoms with E-state index in [-0.39, 0.29) is 5.56 Å². The summed E-state index contributed by atoms with van der Waals surface area (Å²) in [6.45, 7) is 5.54. The van der Waals surface area contributed by atoms with Gasteiger partial charge in [-0.25, -0.2) is 0 Å². The molecule has 0 saturated carbocycles. The van der Waals surface area contributed by atoms with Gasteiger partial charge in [0.1, 0.15) is 0 Å². The van der Waals surface area contributed by atoms with E-state index < -0.39 is 0 Å². The highest BCUT2D eigenvalue weighted by molar-refractivity contribution is 7.17. The summed E-state index contributed by atoms with van der Waals surface area (Å²) in [5.74, 6) is 0. The standard InChI is InChI=1S/C24H25N3OS/c28-24-9-8-19-7-6-18(17-21(19)25-24)3-2-11-26-12-14-27(15-13-26)22-4-1-5-23-20(22)10-16-29-23/h1,4-10,16-17H,2-3,11-15H2,(H,25,28). The molecule has 0 amide bonds. The zero-order chi connectivity index (χ0) is 19.6. The molecule has 148 valence electrons. The van der Waals surface area contributed by atoms with Crippen LogP contribution in [-0.2, 0) is 6.42 Å². The van der Waals surface area contributed by atoms with Crippen molar-refractivity contribution >= 4 is 38.0 Å². The fraction of sp³-hybridized carbons (Fsp3) is 0.292. The van der Waals surface area contributed by atoms with E-state index in [0.29, 0.717) is 0 Å². The minimum atomic E-state index is -0.0364. The maximum Gasteiger partial charge on any atom is 0.248 e. The normalized spacial score (nSPS) is 15.4. The first kappa shape index (κ1) is 18.4. The van der Waals surface area contributed by atoms with Crippen LogP contribution >= 0.6 is 11.3 Å². The summed E-state index contributed by atoms with van der Waals surface area (Å²) >= 11 is 1.82. The van der Waals surface area contributed by atoms with Crippen molar-refractivity contribution in [3.8, 4) is 0 Å². The predicted octanol–water partition coefficient (Wildman–Crippen LogP) is 4.50. The van der Waals surface area contributed by atoms with Crippen LogP contribution in [0, 0.1) is 0 Å². The molecule has 3 heterocycles. The lowest BCUT2D eigenvalue weighted by atomic mass is 10.1. The first-order valence-corrected chi connectivity index (χ1v) is 11.2. The molecule has 0 radical (unpaired) electrons. The van der Waals surface area contributed by atoms with Crippen LogP contribution in [0.2, 0.25) is 0 Å². The first-order chi connectivity index (χ1) is 14.3. The lowest BCUT2D eigenvalue weighted by molar-refractivity contribution is 0.255. The highest BCUT2D eigenvalue weighted by atomic mass is 32.1. The van der Waals surface area contributed by atoms with Gasteiger partial charge in [-0.15, -0.1) is 11.3 Å². The highest BCUT2D eigenvalue weighted by Gasteiger charge is 2.18. The van der Waals surface area contributed by atoms with Gasteiger partial charge in [-0.05, 0) is 66.0 Å².